The number of halogens is 1. The van der Waals surface area contributed by atoms with E-state index in [9.17, 15) is 0 Å². The van der Waals surface area contributed by atoms with Gasteiger partial charge in [0.05, 0.1) is 0 Å². The Kier molecular flexibility index (Phi) is 10.3. The van der Waals surface area contributed by atoms with Crippen LogP contribution in [0.1, 0.15) is 44.6 Å². The molecule has 1 saturated heterocycles. The molecule has 0 saturated carbocycles. The molecule has 0 aromatic heterocycles. The van der Waals surface area contributed by atoms with E-state index in [-0.39, 0.29) is 24.0 Å². The first-order valence-electron chi connectivity index (χ1n) is 8.98. The summed E-state index contributed by atoms with van der Waals surface area (Å²) in [5.74, 6) is 1.49. The predicted molar refractivity (Wildman–Crippen MR) is 115 cm³/mol. The van der Waals surface area contributed by atoms with Crippen LogP contribution in [0.5, 0.6) is 0 Å². The molecule has 2 unspecified atom stereocenters. The number of likely N-dealkylation sites (tertiary alicyclic amines) is 1. The highest BCUT2D eigenvalue weighted by atomic mass is 127. The Morgan fingerprint density at radius 2 is 2.04 bits per heavy atom. The van der Waals surface area contributed by atoms with Gasteiger partial charge in [-0.1, -0.05) is 44.2 Å². The van der Waals surface area contributed by atoms with E-state index in [2.05, 4.69) is 64.7 Å². The summed E-state index contributed by atoms with van der Waals surface area (Å²) >= 11 is 0. The van der Waals surface area contributed by atoms with Gasteiger partial charge in [0.2, 0.25) is 0 Å². The quantitative estimate of drug-likeness (QED) is 0.385. The fourth-order valence-electron chi connectivity index (χ4n) is 3.33. The highest BCUT2D eigenvalue weighted by molar-refractivity contribution is 14.0. The zero-order valence-electron chi connectivity index (χ0n) is 15.3. The van der Waals surface area contributed by atoms with Crippen molar-refractivity contribution in [2.75, 3.05) is 33.2 Å². The van der Waals surface area contributed by atoms with Crippen molar-refractivity contribution in [3.8, 4) is 0 Å². The van der Waals surface area contributed by atoms with E-state index in [1.54, 1.807) is 0 Å². The smallest absolute Gasteiger partial charge is 0.191 e. The van der Waals surface area contributed by atoms with Crippen molar-refractivity contribution >= 4 is 29.9 Å². The van der Waals surface area contributed by atoms with E-state index >= 15 is 0 Å². The molecule has 24 heavy (non-hydrogen) atoms. The van der Waals surface area contributed by atoms with Crippen LogP contribution in [0.3, 0.4) is 0 Å². The number of benzene rings is 1. The van der Waals surface area contributed by atoms with Crippen molar-refractivity contribution in [2.24, 2.45) is 4.99 Å². The largest absolute Gasteiger partial charge is 0.356 e. The second-order valence-electron chi connectivity index (χ2n) is 6.40. The van der Waals surface area contributed by atoms with Crippen LogP contribution in [-0.2, 0) is 0 Å². The third-order valence-electron chi connectivity index (χ3n) is 4.87. The van der Waals surface area contributed by atoms with Gasteiger partial charge in [-0.2, -0.15) is 0 Å². The Balaban J connectivity index is 0.00000288. The fourth-order valence-corrected chi connectivity index (χ4v) is 3.33. The molecular weight excluding hydrogens is 411 g/mol. The minimum absolute atomic E-state index is 0. The van der Waals surface area contributed by atoms with Gasteiger partial charge in [-0.05, 0) is 43.8 Å². The van der Waals surface area contributed by atoms with Gasteiger partial charge in [-0.15, -0.1) is 24.0 Å². The van der Waals surface area contributed by atoms with Gasteiger partial charge in [-0.3, -0.25) is 9.89 Å². The van der Waals surface area contributed by atoms with Crippen LogP contribution in [0.15, 0.2) is 35.3 Å². The van der Waals surface area contributed by atoms with Gasteiger partial charge in [0.25, 0.3) is 0 Å². The monoisotopic (exact) mass is 444 g/mol. The predicted octanol–water partition coefficient (Wildman–Crippen LogP) is 3.45. The maximum atomic E-state index is 4.35. The Morgan fingerprint density at radius 1 is 1.29 bits per heavy atom. The Bertz CT molecular complexity index is 478. The number of nitrogens with zero attached hydrogens (tertiary/aromatic N) is 2. The lowest BCUT2D eigenvalue weighted by molar-refractivity contribution is 0.267. The van der Waals surface area contributed by atoms with Crippen LogP contribution in [0, 0.1) is 0 Å². The summed E-state index contributed by atoms with van der Waals surface area (Å²) in [5.41, 5.74) is 1.40. The normalized spacial score (nSPS) is 19.6. The van der Waals surface area contributed by atoms with Crippen molar-refractivity contribution in [1.29, 1.82) is 0 Å². The SMILES string of the molecule is CCN1CCCC1CNC(=NC)NCCC(C)c1ccccc1.I. The van der Waals surface area contributed by atoms with E-state index in [1.165, 1.54) is 24.9 Å². The zero-order chi connectivity index (χ0) is 16.5. The number of likely N-dealkylation sites (N-methyl/N-ethyl adjacent to an activating group) is 1. The van der Waals surface area contributed by atoms with E-state index in [1.807, 2.05) is 7.05 Å². The van der Waals surface area contributed by atoms with Crippen LogP contribution in [0.4, 0.5) is 0 Å². The average Bonchev–Trinajstić information content (AvgIpc) is 3.06. The van der Waals surface area contributed by atoms with Crippen molar-refractivity contribution in [3.63, 3.8) is 0 Å². The molecule has 4 nitrogen and oxygen atoms in total. The fraction of sp³-hybridized carbons (Fsp3) is 0.632. The maximum absolute atomic E-state index is 4.35. The third kappa shape index (κ3) is 6.59. The number of hydrogen-bond acceptors (Lipinski definition) is 2. The molecule has 1 aliphatic heterocycles. The first-order valence-corrected chi connectivity index (χ1v) is 8.98. The molecule has 1 fully saturated rings. The number of nitrogens with one attached hydrogen (secondary N) is 2. The van der Waals surface area contributed by atoms with Crippen LogP contribution in [-0.4, -0.2) is 50.1 Å². The molecule has 0 amide bonds. The number of hydrogen-bond donors (Lipinski definition) is 2. The van der Waals surface area contributed by atoms with E-state index in [0.717, 1.165) is 32.0 Å². The van der Waals surface area contributed by atoms with Crippen LogP contribution < -0.4 is 10.6 Å². The summed E-state index contributed by atoms with van der Waals surface area (Å²) in [6, 6.07) is 11.4. The summed E-state index contributed by atoms with van der Waals surface area (Å²) in [6.07, 6.45) is 3.72. The Labute approximate surface area is 164 Å². The summed E-state index contributed by atoms with van der Waals surface area (Å²) in [5, 5.41) is 6.93. The molecular formula is C19H33IN4. The second kappa shape index (κ2) is 11.7. The molecule has 5 heteroatoms. The Hall–Kier alpha value is -0.820. The lowest BCUT2D eigenvalue weighted by Crippen LogP contribution is -2.45. The minimum atomic E-state index is 0. The molecule has 1 heterocycles. The van der Waals surface area contributed by atoms with Crippen molar-refractivity contribution in [3.05, 3.63) is 35.9 Å². The molecule has 0 radical (unpaired) electrons. The third-order valence-corrected chi connectivity index (χ3v) is 4.87. The summed E-state index contributed by atoms with van der Waals surface area (Å²) in [7, 11) is 1.85. The number of aliphatic imine (C=N–C) groups is 1. The summed E-state index contributed by atoms with van der Waals surface area (Å²) in [6.45, 7) is 8.84. The molecule has 2 N–H and O–H groups in total. The van der Waals surface area contributed by atoms with Crippen LogP contribution in [0.25, 0.3) is 0 Å². The highest BCUT2D eigenvalue weighted by Gasteiger charge is 2.22. The van der Waals surface area contributed by atoms with E-state index in [0.29, 0.717) is 12.0 Å². The van der Waals surface area contributed by atoms with Crippen molar-refractivity contribution < 1.29 is 0 Å². The molecule has 136 valence electrons. The first-order chi connectivity index (χ1) is 11.2. The van der Waals surface area contributed by atoms with Gasteiger partial charge < -0.3 is 10.6 Å². The number of guanidine groups is 1. The van der Waals surface area contributed by atoms with Gasteiger partial charge >= 0.3 is 0 Å². The average molecular weight is 444 g/mol. The zero-order valence-corrected chi connectivity index (χ0v) is 17.6. The summed E-state index contributed by atoms with van der Waals surface area (Å²) in [4.78, 5) is 6.90. The van der Waals surface area contributed by atoms with Crippen LogP contribution >= 0.6 is 24.0 Å². The molecule has 0 aliphatic carbocycles. The molecule has 1 aromatic rings. The standard InChI is InChI=1S/C19H32N4.HI/c1-4-23-14-8-11-18(23)15-22-19(20-3)21-13-12-16(2)17-9-6-5-7-10-17;/h5-7,9-10,16,18H,4,8,11-15H2,1-3H3,(H2,20,21,22);1H. The molecule has 2 rings (SSSR count). The van der Waals surface area contributed by atoms with Gasteiger partial charge in [0.1, 0.15) is 0 Å². The van der Waals surface area contributed by atoms with Crippen molar-refractivity contribution in [2.45, 2.75) is 45.1 Å². The molecule has 1 aliphatic rings. The lowest BCUT2D eigenvalue weighted by Gasteiger charge is -2.24. The molecule has 0 spiro atoms. The highest BCUT2D eigenvalue weighted by Crippen LogP contribution is 2.17. The van der Waals surface area contributed by atoms with Gasteiger partial charge in [0, 0.05) is 26.2 Å². The van der Waals surface area contributed by atoms with E-state index < -0.39 is 0 Å². The van der Waals surface area contributed by atoms with Gasteiger partial charge in [0.15, 0.2) is 5.96 Å². The second-order valence-corrected chi connectivity index (χ2v) is 6.40. The van der Waals surface area contributed by atoms with Crippen LogP contribution in [0.2, 0.25) is 0 Å². The summed E-state index contributed by atoms with van der Waals surface area (Å²) < 4.78 is 0. The van der Waals surface area contributed by atoms with E-state index in [4.69, 9.17) is 0 Å². The molecule has 2 atom stereocenters. The first kappa shape index (κ1) is 21.2. The maximum Gasteiger partial charge on any atom is 0.191 e. The molecule has 1 aromatic carbocycles. The Morgan fingerprint density at radius 3 is 2.71 bits per heavy atom. The minimum Gasteiger partial charge on any atom is -0.356 e. The van der Waals surface area contributed by atoms with Gasteiger partial charge in [-0.25, -0.2) is 0 Å². The lowest BCUT2D eigenvalue weighted by atomic mass is 9.98. The number of rotatable bonds is 7. The molecule has 0 bridgehead atoms. The topological polar surface area (TPSA) is 39.7 Å². The van der Waals surface area contributed by atoms with Crippen molar-refractivity contribution in [1.82, 2.24) is 15.5 Å².